The molecule has 0 spiro atoms. The molecule has 2 amide bonds. The van der Waals surface area contributed by atoms with Crippen molar-refractivity contribution in [2.45, 2.75) is 13.3 Å². The maximum Gasteiger partial charge on any atom is 0.276 e. The first kappa shape index (κ1) is 24.9. The van der Waals surface area contributed by atoms with E-state index < -0.39 is 11.8 Å². The monoisotopic (exact) mass is 593 g/mol. The number of halogens is 2. The zero-order valence-electron chi connectivity index (χ0n) is 17.6. The van der Waals surface area contributed by atoms with Crippen molar-refractivity contribution in [2.24, 2.45) is 0 Å². The normalized spacial score (nSPS) is 10.4. The highest BCUT2D eigenvalue weighted by Crippen LogP contribution is 2.34. The van der Waals surface area contributed by atoms with Crippen LogP contribution in [0.15, 0.2) is 63.5 Å². The molecule has 0 unspecified atom stereocenters. The van der Waals surface area contributed by atoms with Crippen LogP contribution >= 0.6 is 44.1 Å². The largest absolute Gasteiger partial charge is 0.484 e. The lowest BCUT2D eigenvalue weighted by Crippen LogP contribution is -2.50. The number of aryl methyl sites for hydroxylation is 1. The second-order valence-electron chi connectivity index (χ2n) is 6.87. The molecule has 3 aromatic carbocycles. The first-order valence-corrected chi connectivity index (χ1v) is 12.0. The number of carbonyl (C=O) groups is 2. The molecular weight excluding hydrogens is 574 g/mol. The number of thiocarbonyl (C=S) groups is 1. The highest BCUT2D eigenvalue weighted by Gasteiger charge is 2.11. The van der Waals surface area contributed by atoms with Gasteiger partial charge in [-0.1, -0.05) is 47.1 Å². The molecule has 172 valence electrons. The van der Waals surface area contributed by atoms with E-state index in [0.717, 1.165) is 26.1 Å². The van der Waals surface area contributed by atoms with Crippen LogP contribution in [0, 0.1) is 0 Å². The smallest absolute Gasteiger partial charge is 0.276 e. The number of hydrogen-bond donors (Lipinski definition) is 3. The summed E-state index contributed by atoms with van der Waals surface area (Å²) in [7, 11) is 0. The van der Waals surface area contributed by atoms with Gasteiger partial charge in [-0.2, -0.15) is 0 Å². The van der Waals surface area contributed by atoms with Crippen molar-refractivity contribution < 1.29 is 19.1 Å². The number of amides is 2. The van der Waals surface area contributed by atoms with Gasteiger partial charge >= 0.3 is 0 Å². The predicted octanol–water partition coefficient (Wildman–Crippen LogP) is 4.41. The number of carbonyl (C=O) groups excluding carboxylic acids is 2. The van der Waals surface area contributed by atoms with Crippen LogP contribution in [-0.4, -0.2) is 30.1 Å². The predicted molar refractivity (Wildman–Crippen MR) is 138 cm³/mol. The Balaban J connectivity index is 1.40. The fourth-order valence-corrected chi connectivity index (χ4v) is 3.98. The van der Waals surface area contributed by atoms with Crippen molar-refractivity contribution in [2.75, 3.05) is 13.2 Å². The lowest BCUT2D eigenvalue weighted by atomic mass is 10.1. The lowest BCUT2D eigenvalue weighted by Gasteiger charge is -2.13. The second kappa shape index (κ2) is 12.0. The van der Waals surface area contributed by atoms with E-state index in [2.05, 4.69) is 55.0 Å². The number of hydrogen-bond acceptors (Lipinski definition) is 5. The standard InChI is InChI=1S/C23H21Br2N3O4S/c1-2-14-3-7-17(8-4-14)31-13-21(30)27-28-23(33)26-20(29)12-32-19-10-5-15-11-16(24)6-9-18(15)22(19)25/h3-11H,2,12-13H2,1H3,(H,27,30)(H2,26,28,29,33). The number of hydrazine groups is 1. The third-order valence-corrected chi connectivity index (χ3v) is 6.02. The molecular formula is C23H21Br2N3O4S. The summed E-state index contributed by atoms with van der Waals surface area (Å²) in [5.74, 6) is 0.185. The third-order valence-electron chi connectivity index (χ3n) is 4.51. The lowest BCUT2D eigenvalue weighted by molar-refractivity contribution is -0.124. The van der Waals surface area contributed by atoms with E-state index in [1.165, 1.54) is 5.56 Å². The molecule has 3 aromatic rings. The zero-order chi connectivity index (χ0) is 23.8. The molecule has 0 bridgehead atoms. The van der Waals surface area contributed by atoms with E-state index in [9.17, 15) is 9.59 Å². The van der Waals surface area contributed by atoms with Crippen molar-refractivity contribution in [1.82, 2.24) is 16.2 Å². The summed E-state index contributed by atoms with van der Waals surface area (Å²) < 4.78 is 12.7. The molecule has 0 aliphatic heterocycles. The zero-order valence-corrected chi connectivity index (χ0v) is 21.6. The molecule has 0 fully saturated rings. The van der Waals surface area contributed by atoms with Gasteiger partial charge in [0.1, 0.15) is 11.5 Å². The van der Waals surface area contributed by atoms with Gasteiger partial charge in [-0.05, 0) is 81.2 Å². The summed E-state index contributed by atoms with van der Waals surface area (Å²) in [5, 5.41) is 4.35. The molecule has 0 atom stereocenters. The van der Waals surface area contributed by atoms with Crippen LogP contribution in [0.3, 0.4) is 0 Å². The fraction of sp³-hybridized carbons (Fsp3) is 0.174. The quantitative estimate of drug-likeness (QED) is 0.277. The maximum atomic E-state index is 12.1. The molecule has 0 aliphatic carbocycles. The van der Waals surface area contributed by atoms with Gasteiger partial charge in [0.05, 0.1) is 4.47 Å². The molecule has 3 rings (SSSR count). The Labute approximate surface area is 213 Å². The number of fused-ring (bicyclic) bond motifs is 1. The summed E-state index contributed by atoms with van der Waals surface area (Å²) in [5.41, 5.74) is 6.00. The highest BCUT2D eigenvalue weighted by molar-refractivity contribution is 9.11. The molecule has 0 aromatic heterocycles. The van der Waals surface area contributed by atoms with Gasteiger partial charge in [-0.15, -0.1) is 0 Å². The van der Waals surface area contributed by atoms with Crippen LogP contribution < -0.4 is 25.6 Å². The minimum absolute atomic E-state index is 0.0633. The maximum absolute atomic E-state index is 12.1. The number of nitrogens with one attached hydrogen (secondary N) is 3. The molecule has 0 saturated heterocycles. The van der Waals surface area contributed by atoms with Crippen molar-refractivity contribution >= 4 is 71.8 Å². The second-order valence-corrected chi connectivity index (χ2v) is 8.99. The van der Waals surface area contributed by atoms with Crippen molar-refractivity contribution in [3.05, 3.63) is 69.1 Å². The van der Waals surface area contributed by atoms with Gasteiger partial charge in [-0.25, -0.2) is 0 Å². The van der Waals surface area contributed by atoms with E-state index in [1.54, 1.807) is 18.2 Å². The van der Waals surface area contributed by atoms with Crippen LogP contribution in [0.1, 0.15) is 12.5 Å². The van der Waals surface area contributed by atoms with Crippen LogP contribution in [0.2, 0.25) is 0 Å². The fourth-order valence-electron chi connectivity index (χ4n) is 2.82. The minimum Gasteiger partial charge on any atom is -0.484 e. The Morgan fingerprint density at radius 1 is 0.909 bits per heavy atom. The van der Waals surface area contributed by atoms with E-state index in [4.69, 9.17) is 21.7 Å². The molecule has 7 nitrogen and oxygen atoms in total. The first-order valence-electron chi connectivity index (χ1n) is 9.96. The van der Waals surface area contributed by atoms with E-state index >= 15 is 0 Å². The van der Waals surface area contributed by atoms with E-state index in [0.29, 0.717) is 11.5 Å². The minimum atomic E-state index is -0.475. The van der Waals surface area contributed by atoms with Gasteiger partial charge in [0.25, 0.3) is 11.8 Å². The van der Waals surface area contributed by atoms with E-state index in [1.807, 2.05) is 36.4 Å². The molecule has 0 saturated carbocycles. The first-order chi connectivity index (χ1) is 15.9. The van der Waals surface area contributed by atoms with Crippen molar-refractivity contribution in [3.63, 3.8) is 0 Å². The van der Waals surface area contributed by atoms with Crippen molar-refractivity contribution in [3.8, 4) is 11.5 Å². The summed E-state index contributed by atoms with van der Waals surface area (Å²) in [6.07, 6.45) is 0.927. The average molecular weight is 595 g/mol. The van der Waals surface area contributed by atoms with Crippen LogP contribution in [0.4, 0.5) is 0 Å². The number of rotatable bonds is 7. The summed E-state index contributed by atoms with van der Waals surface area (Å²) in [6.45, 7) is 1.60. The molecule has 33 heavy (non-hydrogen) atoms. The molecule has 3 N–H and O–H groups in total. The Morgan fingerprint density at radius 2 is 1.64 bits per heavy atom. The van der Waals surface area contributed by atoms with Crippen molar-refractivity contribution in [1.29, 1.82) is 0 Å². The highest BCUT2D eigenvalue weighted by atomic mass is 79.9. The van der Waals surface area contributed by atoms with E-state index in [-0.39, 0.29) is 18.3 Å². The molecule has 10 heteroatoms. The molecule has 0 aliphatic rings. The summed E-state index contributed by atoms with van der Waals surface area (Å²) >= 11 is 12.0. The topological polar surface area (TPSA) is 88.7 Å². The SMILES string of the molecule is CCc1ccc(OCC(=O)NNC(=S)NC(=O)COc2ccc3cc(Br)ccc3c2Br)cc1. The Hall–Kier alpha value is -2.69. The van der Waals surface area contributed by atoms with Crippen LogP contribution in [-0.2, 0) is 16.0 Å². The number of ether oxygens (including phenoxy) is 2. The van der Waals surface area contributed by atoms with Crippen LogP contribution in [0.25, 0.3) is 10.8 Å². The molecule has 0 heterocycles. The van der Waals surface area contributed by atoms with Gasteiger partial charge in [0.15, 0.2) is 18.3 Å². The Bertz CT molecular complexity index is 1170. The Morgan fingerprint density at radius 3 is 2.36 bits per heavy atom. The Kier molecular flexibility index (Phi) is 9.04. The third kappa shape index (κ3) is 7.41. The van der Waals surface area contributed by atoms with Gasteiger partial charge in [-0.3, -0.25) is 25.8 Å². The molecule has 0 radical (unpaired) electrons. The summed E-state index contributed by atoms with van der Waals surface area (Å²) in [4.78, 5) is 24.0. The van der Waals surface area contributed by atoms with Gasteiger partial charge in [0.2, 0.25) is 0 Å². The average Bonchev–Trinajstić information content (AvgIpc) is 2.81. The number of benzene rings is 3. The summed E-state index contributed by atoms with van der Waals surface area (Å²) in [6, 6.07) is 17.0. The van der Waals surface area contributed by atoms with Gasteiger partial charge < -0.3 is 9.47 Å². The van der Waals surface area contributed by atoms with Crippen LogP contribution in [0.5, 0.6) is 11.5 Å². The van der Waals surface area contributed by atoms with Gasteiger partial charge in [0, 0.05) is 4.47 Å².